The highest BCUT2D eigenvalue weighted by molar-refractivity contribution is 5.92. The van der Waals surface area contributed by atoms with E-state index in [1.807, 2.05) is 19.9 Å². The van der Waals surface area contributed by atoms with Gasteiger partial charge in [-0.1, -0.05) is 0 Å². The van der Waals surface area contributed by atoms with E-state index in [9.17, 15) is 4.79 Å². The Labute approximate surface area is 107 Å². The molecule has 1 aromatic heterocycles. The molecule has 98 valence electrons. The Morgan fingerprint density at radius 3 is 2.61 bits per heavy atom. The van der Waals surface area contributed by atoms with Crippen LogP contribution in [0.5, 0.6) is 0 Å². The van der Waals surface area contributed by atoms with E-state index in [1.54, 1.807) is 0 Å². The maximum Gasteiger partial charge on any atom is 0.287 e. The molecule has 1 atom stereocenters. The summed E-state index contributed by atoms with van der Waals surface area (Å²) in [7, 11) is 0. The summed E-state index contributed by atoms with van der Waals surface area (Å²) >= 11 is 0. The summed E-state index contributed by atoms with van der Waals surface area (Å²) in [5.41, 5.74) is 1.04. The van der Waals surface area contributed by atoms with Crippen molar-refractivity contribution in [1.82, 2.24) is 10.2 Å². The topological polar surface area (TPSA) is 45.5 Å². The van der Waals surface area contributed by atoms with Crippen molar-refractivity contribution in [1.29, 1.82) is 0 Å². The quantitative estimate of drug-likeness (QED) is 0.866. The van der Waals surface area contributed by atoms with Crippen LogP contribution in [0.15, 0.2) is 10.5 Å². The van der Waals surface area contributed by atoms with Crippen LogP contribution in [0.3, 0.4) is 0 Å². The van der Waals surface area contributed by atoms with Crippen molar-refractivity contribution in [2.45, 2.75) is 32.7 Å². The number of piperidine rings is 3. The van der Waals surface area contributed by atoms with Gasteiger partial charge in [-0.3, -0.25) is 4.79 Å². The molecule has 2 bridgehead atoms. The van der Waals surface area contributed by atoms with Crippen LogP contribution in [0.2, 0.25) is 0 Å². The Balaban J connectivity index is 1.67. The fourth-order valence-corrected chi connectivity index (χ4v) is 3.05. The number of hydrogen-bond acceptors (Lipinski definition) is 3. The molecular weight excluding hydrogens is 228 g/mol. The number of hydrogen-bond donors (Lipinski definition) is 1. The minimum absolute atomic E-state index is 0.0649. The van der Waals surface area contributed by atoms with Crippen molar-refractivity contribution in [3.8, 4) is 0 Å². The Morgan fingerprint density at radius 2 is 2.11 bits per heavy atom. The van der Waals surface area contributed by atoms with Crippen LogP contribution in [0.1, 0.15) is 34.7 Å². The summed E-state index contributed by atoms with van der Waals surface area (Å²) in [4.78, 5) is 14.6. The van der Waals surface area contributed by atoms with Gasteiger partial charge in [0, 0.05) is 12.6 Å². The van der Waals surface area contributed by atoms with E-state index >= 15 is 0 Å². The molecule has 0 saturated carbocycles. The van der Waals surface area contributed by atoms with Gasteiger partial charge in [-0.05, 0) is 57.3 Å². The zero-order valence-corrected chi connectivity index (χ0v) is 11.0. The fourth-order valence-electron chi connectivity index (χ4n) is 3.05. The molecule has 4 heteroatoms. The number of rotatable bonds is 2. The highest BCUT2D eigenvalue weighted by atomic mass is 16.3. The molecule has 1 N–H and O–H groups in total. The maximum absolute atomic E-state index is 12.1. The lowest BCUT2D eigenvalue weighted by Crippen LogP contribution is -2.57. The molecule has 4 heterocycles. The second-order valence-corrected chi connectivity index (χ2v) is 5.57. The molecule has 0 spiro atoms. The average molecular weight is 248 g/mol. The van der Waals surface area contributed by atoms with Gasteiger partial charge in [-0.2, -0.15) is 0 Å². The van der Waals surface area contributed by atoms with Crippen molar-refractivity contribution in [2.24, 2.45) is 5.92 Å². The molecule has 0 radical (unpaired) electrons. The monoisotopic (exact) mass is 248 g/mol. The summed E-state index contributed by atoms with van der Waals surface area (Å²) < 4.78 is 5.47. The molecule has 1 aromatic rings. The molecule has 4 rings (SSSR count). The Hall–Kier alpha value is -1.29. The van der Waals surface area contributed by atoms with Crippen LogP contribution in [-0.2, 0) is 0 Å². The smallest absolute Gasteiger partial charge is 0.287 e. The number of fused-ring (bicyclic) bond motifs is 3. The van der Waals surface area contributed by atoms with Crippen molar-refractivity contribution in [2.75, 3.05) is 19.6 Å². The van der Waals surface area contributed by atoms with Crippen molar-refractivity contribution in [3.05, 3.63) is 23.2 Å². The normalized spacial score (nSPS) is 30.4. The summed E-state index contributed by atoms with van der Waals surface area (Å²) in [5.74, 6) is 1.86. The van der Waals surface area contributed by atoms with Gasteiger partial charge in [0.25, 0.3) is 5.91 Å². The van der Waals surface area contributed by atoms with Gasteiger partial charge >= 0.3 is 0 Å². The largest absolute Gasteiger partial charge is 0.456 e. The van der Waals surface area contributed by atoms with E-state index < -0.39 is 0 Å². The van der Waals surface area contributed by atoms with Gasteiger partial charge in [0.2, 0.25) is 0 Å². The number of carbonyl (C=O) groups excluding carboxylic acids is 1. The highest BCUT2D eigenvalue weighted by Crippen LogP contribution is 2.27. The third-order valence-electron chi connectivity index (χ3n) is 4.36. The number of nitrogens with zero attached hydrogens (tertiary/aromatic N) is 1. The van der Waals surface area contributed by atoms with Gasteiger partial charge in [0.05, 0.1) is 0 Å². The molecule has 3 fully saturated rings. The van der Waals surface area contributed by atoms with Gasteiger partial charge in [-0.25, -0.2) is 0 Å². The lowest BCUT2D eigenvalue weighted by molar-refractivity contribution is 0.0605. The zero-order valence-electron chi connectivity index (χ0n) is 11.0. The zero-order chi connectivity index (χ0) is 12.7. The van der Waals surface area contributed by atoms with Crippen molar-refractivity contribution in [3.63, 3.8) is 0 Å². The Bertz CT molecular complexity index is 439. The molecule has 3 aliphatic heterocycles. The first-order valence-electron chi connectivity index (χ1n) is 6.74. The standard InChI is InChI=1S/C14H20N2O2/c1-9-7-13(18-10(9)2)14(17)15-12-8-16-5-3-11(12)4-6-16/h7,11-12H,3-6,8H2,1-2H3,(H,15,17). The number of aryl methyl sites for hydroxylation is 2. The number of amides is 1. The molecule has 3 saturated heterocycles. The summed E-state index contributed by atoms with van der Waals surface area (Å²) in [6.07, 6.45) is 2.42. The Kier molecular flexibility index (Phi) is 2.90. The lowest BCUT2D eigenvalue weighted by Gasteiger charge is -2.44. The molecule has 18 heavy (non-hydrogen) atoms. The molecule has 0 aromatic carbocycles. The van der Waals surface area contributed by atoms with E-state index in [0.29, 0.717) is 17.7 Å². The lowest BCUT2D eigenvalue weighted by atomic mass is 9.84. The third-order valence-corrected chi connectivity index (χ3v) is 4.36. The minimum Gasteiger partial charge on any atom is -0.456 e. The first-order valence-corrected chi connectivity index (χ1v) is 6.74. The predicted octanol–water partition coefficient (Wildman–Crippen LogP) is 1.72. The summed E-state index contributed by atoms with van der Waals surface area (Å²) in [6.45, 7) is 7.23. The first kappa shape index (κ1) is 11.8. The van der Waals surface area contributed by atoms with Crippen LogP contribution < -0.4 is 5.32 Å². The predicted molar refractivity (Wildman–Crippen MR) is 68.6 cm³/mol. The molecule has 1 unspecified atom stereocenters. The van der Waals surface area contributed by atoms with Crippen LogP contribution >= 0.6 is 0 Å². The van der Waals surface area contributed by atoms with E-state index in [2.05, 4.69) is 10.2 Å². The van der Waals surface area contributed by atoms with Gasteiger partial charge < -0.3 is 14.6 Å². The minimum atomic E-state index is -0.0649. The molecule has 1 amide bonds. The number of furan rings is 1. The van der Waals surface area contributed by atoms with Crippen molar-refractivity contribution >= 4 is 5.91 Å². The van der Waals surface area contributed by atoms with Gasteiger partial charge in [0.1, 0.15) is 5.76 Å². The van der Waals surface area contributed by atoms with E-state index in [1.165, 1.54) is 25.9 Å². The second-order valence-electron chi connectivity index (χ2n) is 5.57. The molecule has 3 aliphatic rings. The van der Waals surface area contributed by atoms with Crippen molar-refractivity contribution < 1.29 is 9.21 Å². The second kappa shape index (κ2) is 4.43. The molecular formula is C14H20N2O2. The van der Waals surface area contributed by atoms with Crippen LogP contribution in [-0.4, -0.2) is 36.5 Å². The summed E-state index contributed by atoms with van der Waals surface area (Å²) in [6, 6.07) is 2.12. The van der Waals surface area contributed by atoms with Crippen LogP contribution in [0.4, 0.5) is 0 Å². The van der Waals surface area contributed by atoms with E-state index in [0.717, 1.165) is 17.9 Å². The number of nitrogens with one attached hydrogen (secondary N) is 1. The van der Waals surface area contributed by atoms with Crippen LogP contribution in [0, 0.1) is 19.8 Å². The third kappa shape index (κ3) is 2.05. The van der Waals surface area contributed by atoms with E-state index in [-0.39, 0.29) is 5.91 Å². The summed E-state index contributed by atoms with van der Waals surface area (Å²) in [5, 5.41) is 3.13. The van der Waals surface area contributed by atoms with Gasteiger partial charge in [0.15, 0.2) is 5.76 Å². The SMILES string of the molecule is Cc1cc(C(=O)NC2CN3CCC2CC3)oc1C. The highest BCUT2D eigenvalue weighted by Gasteiger charge is 2.35. The van der Waals surface area contributed by atoms with Gasteiger partial charge in [-0.15, -0.1) is 0 Å². The molecule has 0 aliphatic carbocycles. The number of carbonyl (C=O) groups is 1. The molecule has 4 nitrogen and oxygen atoms in total. The first-order chi connectivity index (χ1) is 8.63. The average Bonchev–Trinajstić information content (AvgIpc) is 2.71. The maximum atomic E-state index is 12.1. The Morgan fingerprint density at radius 1 is 1.39 bits per heavy atom. The van der Waals surface area contributed by atoms with Crippen LogP contribution in [0.25, 0.3) is 0 Å². The van der Waals surface area contributed by atoms with E-state index in [4.69, 9.17) is 4.42 Å². The fraction of sp³-hybridized carbons (Fsp3) is 0.643.